The maximum Gasteiger partial charge on any atom is 0.319 e. The number of hydrogen-bond donors (Lipinski definition) is 2. The van der Waals surface area contributed by atoms with Crippen molar-refractivity contribution in [1.29, 1.82) is 0 Å². The van der Waals surface area contributed by atoms with Gasteiger partial charge in [-0.2, -0.15) is 0 Å². The van der Waals surface area contributed by atoms with Gasteiger partial charge in [0.25, 0.3) is 0 Å². The van der Waals surface area contributed by atoms with Crippen LogP contribution in [0.2, 0.25) is 0 Å². The molecule has 1 aliphatic rings. The second-order valence-corrected chi connectivity index (χ2v) is 6.20. The Balaban J connectivity index is 1.52. The lowest BCUT2D eigenvalue weighted by Gasteiger charge is -2.17. The number of nitrogens with zero attached hydrogens (tertiary/aromatic N) is 1. The fourth-order valence-electron chi connectivity index (χ4n) is 2.91. The van der Waals surface area contributed by atoms with Crippen LogP contribution < -0.4 is 15.5 Å². The molecule has 1 atom stereocenters. The van der Waals surface area contributed by atoms with Gasteiger partial charge >= 0.3 is 6.03 Å². The molecule has 2 aromatic carbocycles. The van der Waals surface area contributed by atoms with E-state index in [2.05, 4.69) is 10.6 Å². The van der Waals surface area contributed by atoms with Crippen molar-refractivity contribution in [1.82, 2.24) is 5.32 Å². The monoisotopic (exact) mass is 341 g/mol. The van der Waals surface area contributed by atoms with Crippen molar-refractivity contribution >= 4 is 23.3 Å². The standard InChI is InChI=1S/C19H20FN3O2/c1-13-4-2-3-5-17(13)22-19(25)21-11-14-10-18(24)23(12-14)16-8-6-15(20)7-9-16/h2-9,14H,10-12H2,1H3,(H2,21,22,25). The quantitative estimate of drug-likeness (QED) is 0.896. The number of nitrogens with one attached hydrogen (secondary N) is 2. The first kappa shape index (κ1) is 17.0. The molecular weight excluding hydrogens is 321 g/mol. The highest BCUT2D eigenvalue weighted by Crippen LogP contribution is 2.24. The van der Waals surface area contributed by atoms with E-state index in [1.807, 2.05) is 31.2 Å². The normalized spacial score (nSPS) is 16.8. The van der Waals surface area contributed by atoms with Crippen molar-refractivity contribution in [3.63, 3.8) is 0 Å². The lowest BCUT2D eigenvalue weighted by atomic mass is 10.1. The summed E-state index contributed by atoms with van der Waals surface area (Å²) in [5.74, 6) is -0.320. The lowest BCUT2D eigenvalue weighted by molar-refractivity contribution is -0.117. The van der Waals surface area contributed by atoms with Crippen molar-refractivity contribution < 1.29 is 14.0 Å². The van der Waals surface area contributed by atoms with Gasteiger partial charge in [-0.1, -0.05) is 18.2 Å². The number of carbonyl (C=O) groups is 2. The number of benzene rings is 2. The second kappa shape index (κ2) is 7.34. The number of urea groups is 1. The molecule has 2 aromatic rings. The van der Waals surface area contributed by atoms with Crippen molar-refractivity contribution in [3.05, 3.63) is 59.9 Å². The van der Waals surface area contributed by atoms with Crippen molar-refractivity contribution in [2.75, 3.05) is 23.3 Å². The number of anilines is 2. The van der Waals surface area contributed by atoms with Gasteiger partial charge in [-0.15, -0.1) is 0 Å². The minimum absolute atomic E-state index is 0.0160. The van der Waals surface area contributed by atoms with E-state index >= 15 is 0 Å². The molecule has 0 radical (unpaired) electrons. The Labute approximate surface area is 145 Å². The summed E-state index contributed by atoms with van der Waals surface area (Å²) in [5.41, 5.74) is 2.42. The third-order valence-electron chi connectivity index (χ3n) is 4.29. The van der Waals surface area contributed by atoms with Crippen LogP contribution in [0.5, 0.6) is 0 Å². The summed E-state index contributed by atoms with van der Waals surface area (Å²) in [7, 11) is 0. The van der Waals surface area contributed by atoms with Gasteiger partial charge in [0.15, 0.2) is 0 Å². The van der Waals surface area contributed by atoms with E-state index in [0.717, 1.165) is 11.3 Å². The molecule has 0 saturated carbocycles. The zero-order valence-electron chi connectivity index (χ0n) is 14.0. The van der Waals surface area contributed by atoms with Gasteiger partial charge in [0, 0.05) is 36.8 Å². The van der Waals surface area contributed by atoms with Gasteiger partial charge in [0.05, 0.1) is 0 Å². The van der Waals surface area contributed by atoms with E-state index in [0.29, 0.717) is 25.2 Å². The number of carbonyl (C=O) groups excluding carboxylic acids is 2. The summed E-state index contributed by atoms with van der Waals surface area (Å²) >= 11 is 0. The van der Waals surface area contributed by atoms with E-state index in [4.69, 9.17) is 0 Å². The number of amides is 3. The number of hydrogen-bond acceptors (Lipinski definition) is 2. The van der Waals surface area contributed by atoms with Crippen molar-refractivity contribution in [2.24, 2.45) is 5.92 Å². The average molecular weight is 341 g/mol. The molecule has 1 saturated heterocycles. The Hall–Kier alpha value is -2.89. The predicted octanol–water partition coefficient (Wildman–Crippen LogP) is 3.31. The second-order valence-electron chi connectivity index (χ2n) is 6.20. The van der Waals surface area contributed by atoms with Gasteiger partial charge < -0.3 is 15.5 Å². The predicted molar refractivity (Wildman–Crippen MR) is 95.1 cm³/mol. The highest BCUT2D eigenvalue weighted by atomic mass is 19.1. The fourth-order valence-corrected chi connectivity index (χ4v) is 2.91. The van der Waals surface area contributed by atoms with Gasteiger partial charge in [-0.25, -0.2) is 9.18 Å². The maximum absolute atomic E-state index is 13.0. The average Bonchev–Trinajstić information content (AvgIpc) is 2.97. The van der Waals surface area contributed by atoms with Gasteiger partial charge in [0.2, 0.25) is 5.91 Å². The Morgan fingerprint density at radius 1 is 1.20 bits per heavy atom. The molecule has 2 N–H and O–H groups in total. The third-order valence-corrected chi connectivity index (χ3v) is 4.29. The molecule has 1 heterocycles. The zero-order valence-corrected chi connectivity index (χ0v) is 14.0. The first-order valence-electron chi connectivity index (χ1n) is 8.19. The molecule has 3 rings (SSSR count). The summed E-state index contributed by atoms with van der Waals surface area (Å²) in [5, 5.41) is 5.62. The first-order chi connectivity index (χ1) is 12.0. The largest absolute Gasteiger partial charge is 0.338 e. The van der Waals surface area contributed by atoms with Crippen LogP contribution in [-0.2, 0) is 4.79 Å². The topological polar surface area (TPSA) is 61.4 Å². The number of aryl methyl sites for hydroxylation is 1. The van der Waals surface area contributed by atoms with E-state index in [1.165, 1.54) is 12.1 Å². The van der Waals surface area contributed by atoms with Crippen LogP contribution in [0, 0.1) is 18.7 Å². The number of para-hydroxylation sites is 1. The Bertz CT molecular complexity index is 776. The van der Waals surface area contributed by atoms with E-state index in [-0.39, 0.29) is 23.7 Å². The Morgan fingerprint density at radius 3 is 2.64 bits per heavy atom. The van der Waals surface area contributed by atoms with Gasteiger partial charge in [-0.3, -0.25) is 4.79 Å². The fraction of sp³-hybridized carbons (Fsp3) is 0.263. The summed E-state index contributed by atoms with van der Waals surface area (Å²) < 4.78 is 13.0. The van der Waals surface area contributed by atoms with Crippen molar-refractivity contribution in [2.45, 2.75) is 13.3 Å². The smallest absolute Gasteiger partial charge is 0.319 e. The number of halogens is 1. The van der Waals surface area contributed by atoms with Gasteiger partial charge in [0.1, 0.15) is 5.82 Å². The molecular formula is C19H20FN3O2. The molecule has 5 nitrogen and oxygen atoms in total. The minimum Gasteiger partial charge on any atom is -0.338 e. The molecule has 0 bridgehead atoms. The molecule has 1 fully saturated rings. The third kappa shape index (κ3) is 4.15. The maximum atomic E-state index is 13.0. The lowest BCUT2D eigenvalue weighted by Crippen LogP contribution is -2.34. The van der Waals surface area contributed by atoms with Crippen molar-refractivity contribution in [3.8, 4) is 0 Å². The van der Waals surface area contributed by atoms with Crippen LogP contribution in [0.25, 0.3) is 0 Å². The van der Waals surface area contributed by atoms with Crippen LogP contribution in [0.3, 0.4) is 0 Å². The Morgan fingerprint density at radius 2 is 1.92 bits per heavy atom. The minimum atomic E-state index is -0.332. The highest BCUT2D eigenvalue weighted by molar-refractivity contribution is 5.96. The first-order valence-corrected chi connectivity index (χ1v) is 8.19. The van der Waals surface area contributed by atoms with Crippen LogP contribution in [0.15, 0.2) is 48.5 Å². The molecule has 130 valence electrons. The molecule has 1 unspecified atom stereocenters. The van der Waals surface area contributed by atoms with Crippen LogP contribution in [0.4, 0.5) is 20.6 Å². The molecule has 6 heteroatoms. The molecule has 0 aromatic heterocycles. The van der Waals surface area contributed by atoms with Gasteiger partial charge in [-0.05, 0) is 42.8 Å². The molecule has 25 heavy (non-hydrogen) atoms. The van der Waals surface area contributed by atoms with E-state index in [1.54, 1.807) is 17.0 Å². The van der Waals surface area contributed by atoms with Crippen LogP contribution >= 0.6 is 0 Å². The molecule has 0 spiro atoms. The summed E-state index contributed by atoms with van der Waals surface area (Å²) in [6, 6.07) is 13.1. The SMILES string of the molecule is Cc1ccccc1NC(=O)NCC1CC(=O)N(c2ccc(F)cc2)C1. The zero-order chi connectivity index (χ0) is 17.8. The summed E-state index contributed by atoms with van der Waals surface area (Å²) in [6.07, 6.45) is 0.363. The molecule has 1 aliphatic heterocycles. The van der Waals surface area contributed by atoms with E-state index < -0.39 is 0 Å². The Kier molecular flexibility index (Phi) is 4.97. The molecule has 3 amide bonds. The highest BCUT2D eigenvalue weighted by Gasteiger charge is 2.30. The summed E-state index contributed by atoms with van der Waals surface area (Å²) in [6.45, 7) is 2.84. The van der Waals surface area contributed by atoms with Crippen LogP contribution in [0.1, 0.15) is 12.0 Å². The summed E-state index contributed by atoms with van der Waals surface area (Å²) in [4.78, 5) is 25.8. The van der Waals surface area contributed by atoms with Crippen LogP contribution in [-0.4, -0.2) is 25.0 Å². The molecule has 0 aliphatic carbocycles. The van der Waals surface area contributed by atoms with E-state index in [9.17, 15) is 14.0 Å². The number of rotatable bonds is 4.